The van der Waals surface area contributed by atoms with E-state index in [-0.39, 0.29) is 0 Å². The molecule has 8 aromatic carbocycles. The third-order valence-electron chi connectivity index (χ3n) is 9.90. The minimum atomic E-state index is 0.932. The molecule has 0 aliphatic rings. The van der Waals surface area contributed by atoms with Gasteiger partial charge in [-0.3, -0.25) is 0 Å². The zero-order valence-electron chi connectivity index (χ0n) is 27.7. The van der Waals surface area contributed by atoms with Gasteiger partial charge in [0.15, 0.2) is 0 Å². The standard InChI is InChI=1S/C48H31NOS/c1-3-10-32(11-4-1)33-18-20-34(21-19-33)35-22-26-38(27-23-35)49(37-12-5-2-6-13-37)39-28-24-36(25-29-39)40-15-9-16-42-47-45(51-48(40)42)31-30-44-46(47)41-14-7-8-17-43(41)50-44/h1-31H. The monoisotopic (exact) mass is 669 g/mol. The molecule has 0 spiro atoms. The van der Waals surface area contributed by atoms with Crippen molar-refractivity contribution in [3.63, 3.8) is 0 Å². The summed E-state index contributed by atoms with van der Waals surface area (Å²) >= 11 is 1.86. The molecule has 0 radical (unpaired) electrons. The van der Waals surface area contributed by atoms with E-state index in [0.717, 1.165) is 28.2 Å². The van der Waals surface area contributed by atoms with Crippen LogP contribution in [0, 0.1) is 0 Å². The van der Waals surface area contributed by atoms with Crippen LogP contribution in [-0.4, -0.2) is 0 Å². The molecule has 0 fully saturated rings. The number of thiophene rings is 1. The summed E-state index contributed by atoms with van der Waals surface area (Å²) in [4.78, 5) is 2.33. The van der Waals surface area contributed by atoms with Gasteiger partial charge >= 0.3 is 0 Å². The van der Waals surface area contributed by atoms with E-state index >= 15 is 0 Å². The molecule has 0 unspecified atom stereocenters. The highest BCUT2D eigenvalue weighted by atomic mass is 32.1. The lowest BCUT2D eigenvalue weighted by atomic mass is 9.99. The molecule has 2 aromatic heterocycles. The van der Waals surface area contributed by atoms with Crippen LogP contribution in [0.25, 0.3) is 75.5 Å². The lowest BCUT2D eigenvalue weighted by molar-refractivity contribution is 0.669. The molecule has 0 N–H and O–H groups in total. The predicted octanol–water partition coefficient (Wildman–Crippen LogP) is 14.4. The summed E-state index contributed by atoms with van der Waals surface area (Å²) in [6.07, 6.45) is 0. The Balaban J connectivity index is 1.01. The Hall–Kier alpha value is -6.42. The second-order valence-electron chi connectivity index (χ2n) is 12.9. The first-order valence-electron chi connectivity index (χ1n) is 17.3. The van der Waals surface area contributed by atoms with Crippen LogP contribution in [-0.2, 0) is 0 Å². The van der Waals surface area contributed by atoms with E-state index in [4.69, 9.17) is 4.42 Å². The first-order valence-corrected chi connectivity index (χ1v) is 18.1. The maximum atomic E-state index is 6.25. The van der Waals surface area contributed by atoms with Crippen molar-refractivity contribution < 1.29 is 4.42 Å². The predicted molar refractivity (Wildman–Crippen MR) is 218 cm³/mol. The van der Waals surface area contributed by atoms with Crippen LogP contribution < -0.4 is 4.90 Å². The van der Waals surface area contributed by atoms with Crippen molar-refractivity contribution in [2.24, 2.45) is 0 Å². The molecule has 0 aliphatic heterocycles. The summed E-state index contributed by atoms with van der Waals surface area (Å²) < 4.78 is 8.82. The second kappa shape index (κ2) is 12.2. The lowest BCUT2D eigenvalue weighted by Gasteiger charge is -2.26. The van der Waals surface area contributed by atoms with E-state index < -0.39 is 0 Å². The van der Waals surface area contributed by atoms with Gasteiger partial charge in [0.25, 0.3) is 0 Å². The Labute approximate surface area is 300 Å². The van der Waals surface area contributed by atoms with Gasteiger partial charge in [0.05, 0.1) is 0 Å². The van der Waals surface area contributed by atoms with Crippen molar-refractivity contribution in [2.45, 2.75) is 0 Å². The molecule has 51 heavy (non-hydrogen) atoms. The number of fused-ring (bicyclic) bond motifs is 7. The summed E-state index contributed by atoms with van der Waals surface area (Å²) in [7, 11) is 0. The fourth-order valence-corrected chi connectivity index (χ4v) is 8.68. The second-order valence-corrected chi connectivity index (χ2v) is 14.0. The number of hydrogen-bond acceptors (Lipinski definition) is 3. The highest BCUT2D eigenvalue weighted by molar-refractivity contribution is 7.26. The average molecular weight is 670 g/mol. The van der Waals surface area contributed by atoms with Crippen molar-refractivity contribution in [1.82, 2.24) is 0 Å². The SMILES string of the molecule is c1ccc(-c2ccc(-c3ccc(N(c4ccccc4)c4ccc(-c5cccc6c5sc5ccc7oc8ccccc8c7c56)cc4)cc3)cc2)cc1. The van der Waals surface area contributed by atoms with E-state index in [1.54, 1.807) is 0 Å². The van der Waals surface area contributed by atoms with Crippen molar-refractivity contribution in [1.29, 1.82) is 0 Å². The maximum absolute atomic E-state index is 6.25. The number of para-hydroxylation sites is 2. The number of anilines is 3. The van der Waals surface area contributed by atoms with E-state index in [1.165, 1.54) is 64.3 Å². The molecule has 0 amide bonds. The van der Waals surface area contributed by atoms with Crippen molar-refractivity contribution >= 4 is 70.5 Å². The van der Waals surface area contributed by atoms with Gasteiger partial charge in [-0.05, 0) is 88.0 Å². The molecule has 2 heterocycles. The molecule has 0 atom stereocenters. The van der Waals surface area contributed by atoms with Crippen LogP contribution >= 0.6 is 11.3 Å². The molecular weight excluding hydrogens is 639 g/mol. The Morgan fingerprint density at radius 1 is 0.353 bits per heavy atom. The molecule has 2 nitrogen and oxygen atoms in total. The van der Waals surface area contributed by atoms with Crippen molar-refractivity contribution in [3.8, 4) is 33.4 Å². The molecule has 10 rings (SSSR count). The molecule has 0 aliphatic carbocycles. The average Bonchev–Trinajstić information content (AvgIpc) is 3.78. The highest BCUT2D eigenvalue weighted by Crippen LogP contribution is 2.46. The van der Waals surface area contributed by atoms with Gasteiger partial charge in [0.2, 0.25) is 0 Å². The Kier molecular flexibility index (Phi) is 7.04. The largest absolute Gasteiger partial charge is 0.456 e. The minimum Gasteiger partial charge on any atom is -0.456 e. The third kappa shape index (κ3) is 5.10. The van der Waals surface area contributed by atoms with E-state index in [1.807, 2.05) is 17.4 Å². The zero-order chi connectivity index (χ0) is 33.7. The molecule has 10 aromatic rings. The number of benzene rings is 8. The summed E-state index contributed by atoms with van der Waals surface area (Å²) in [6.45, 7) is 0. The molecule has 240 valence electrons. The summed E-state index contributed by atoms with van der Waals surface area (Å²) in [6, 6.07) is 67.2. The van der Waals surface area contributed by atoms with E-state index in [9.17, 15) is 0 Å². The van der Waals surface area contributed by atoms with Gasteiger partial charge in [-0.1, -0.05) is 133 Å². The normalized spacial score (nSPS) is 11.5. The first-order chi connectivity index (χ1) is 25.3. The van der Waals surface area contributed by atoms with Crippen molar-refractivity contribution in [2.75, 3.05) is 4.90 Å². The molecule has 3 heteroatoms. The minimum absolute atomic E-state index is 0.932. The molecule has 0 bridgehead atoms. The topological polar surface area (TPSA) is 16.4 Å². The van der Waals surface area contributed by atoms with Gasteiger partial charge < -0.3 is 9.32 Å². The summed E-state index contributed by atoms with van der Waals surface area (Å²) in [5.41, 5.74) is 12.5. The molecular formula is C48H31NOS. The number of hydrogen-bond donors (Lipinski definition) is 0. The number of nitrogens with zero attached hydrogens (tertiary/aromatic N) is 1. The summed E-state index contributed by atoms with van der Waals surface area (Å²) in [5.74, 6) is 0. The fraction of sp³-hybridized carbons (Fsp3) is 0. The third-order valence-corrected chi connectivity index (χ3v) is 11.1. The Bertz CT molecular complexity index is 2810. The Morgan fingerprint density at radius 3 is 1.57 bits per heavy atom. The van der Waals surface area contributed by atoms with Crippen LogP contribution in [0.15, 0.2) is 192 Å². The Morgan fingerprint density at radius 2 is 0.882 bits per heavy atom. The number of furan rings is 1. The van der Waals surface area contributed by atoms with Gasteiger partial charge in [0, 0.05) is 48.0 Å². The molecule has 0 saturated heterocycles. The van der Waals surface area contributed by atoms with Crippen LogP contribution in [0.5, 0.6) is 0 Å². The van der Waals surface area contributed by atoms with Crippen molar-refractivity contribution in [3.05, 3.63) is 188 Å². The fourth-order valence-electron chi connectivity index (χ4n) is 7.43. The zero-order valence-corrected chi connectivity index (χ0v) is 28.5. The quantitative estimate of drug-likeness (QED) is 0.175. The van der Waals surface area contributed by atoms with Crippen LogP contribution in [0.1, 0.15) is 0 Å². The van der Waals surface area contributed by atoms with E-state index in [2.05, 4.69) is 187 Å². The van der Waals surface area contributed by atoms with E-state index in [0.29, 0.717) is 0 Å². The van der Waals surface area contributed by atoms with Crippen LogP contribution in [0.2, 0.25) is 0 Å². The van der Waals surface area contributed by atoms with Gasteiger partial charge in [-0.25, -0.2) is 0 Å². The van der Waals surface area contributed by atoms with Gasteiger partial charge in [-0.15, -0.1) is 11.3 Å². The van der Waals surface area contributed by atoms with Gasteiger partial charge in [-0.2, -0.15) is 0 Å². The smallest absolute Gasteiger partial charge is 0.136 e. The lowest BCUT2D eigenvalue weighted by Crippen LogP contribution is -2.09. The van der Waals surface area contributed by atoms with Crippen LogP contribution in [0.4, 0.5) is 17.1 Å². The van der Waals surface area contributed by atoms with Crippen LogP contribution in [0.3, 0.4) is 0 Å². The highest BCUT2D eigenvalue weighted by Gasteiger charge is 2.18. The first kappa shape index (κ1) is 29.5. The maximum Gasteiger partial charge on any atom is 0.136 e. The number of rotatable bonds is 6. The molecule has 0 saturated carbocycles. The summed E-state index contributed by atoms with van der Waals surface area (Å²) in [5, 5.41) is 4.93. The van der Waals surface area contributed by atoms with Gasteiger partial charge in [0.1, 0.15) is 11.2 Å².